The van der Waals surface area contributed by atoms with Crippen molar-refractivity contribution in [3.63, 3.8) is 0 Å². The monoisotopic (exact) mass is 172 g/mol. The highest BCUT2D eigenvalue weighted by atomic mass is 16.5. The Morgan fingerprint density at radius 1 is 1.17 bits per heavy atom. The van der Waals surface area contributed by atoms with E-state index in [0.717, 1.165) is 13.2 Å². The fourth-order valence-corrected chi connectivity index (χ4v) is 1.35. The smallest absolute Gasteiger partial charge is 0.0837 e. The van der Waals surface area contributed by atoms with Crippen LogP contribution >= 0.6 is 0 Å². The summed E-state index contributed by atoms with van der Waals surface area (Å²) in [6.07, 6.45) is 3.12. The molecule has 1 aliphatic rings. The fourth-order valence-electron chi connectivity index (χ4n) is 1.35. The van der Waals surface area contributed by atoms with Gasteiger partial charge in [0.15, 0.2) is 0 Å². The van der Waals surface area contributed by atoms with E-state index in [1.54, 1.807) is 0 Å². The Balaban J connectivity index is 2.08. The summed E-state index contributed by atoms with van der Waals surface area (Å²) >= 11 is 0. The van der Waals surface area contributed by atoms with Gasteiger partial charge in [0.05, 0.1) is 12.2 Å². The first-order valence-electron chi connectivity index (χ1n) is 4.97. The van der Waals surface area contributed by atoms with Crippen LogP contribution in [-0.4, -0.2) is 25.4 Å². The molecule has 0 amide bonds. The molecule has 0 spiro atoms. The minimum Gasteiger partial charge on any atom is -0.376 e. The van der Waals surface area contributed by atoms with Gasteiger partial charge in [-0.3, -0.25) is 0 Å². The molecule has 0 N–H and O–H groups in total. The molecule has 0 heterocycles. The summed E-state index contributed by atoms with van der Waals surface area (Å²) in [5, 5.41) is 0. The lowest BCUT2D eigenvalue weighted by Gasteiger charge is -2.36. The van der Waals surface area contributed by atoms with E-state index in [1.807, 2.05) is 6.92 Å². The maximum Gasteiger partial charge on any atom is 0.0837 e. The van der Waals surface area contributed by atoms with Gasteiger partial charge in [-0.05, 0) is 25.7 Å². The predicted octanol–water partition coefficient (Wildman–Crippen LogP) is 2.23. The van der Waals surface area contributed by atoms with Crippen molar-refractivity contribution in [1.29, 1.82) is 0 Å². The van der Waals surface area contributed by atoms with Gasteiger partial charge in [-0.1, -0.05) is 13.8 Å². The Morgan fingerprint density at radius 3 is 2.17 bits per heavy atom. The van der Waals surface area contributed by atoms with Crippen molar-refractivity contribution < 1.29 is 9.47 Å². The first-order chi connectivity index (χ1) is 5.74. The van der Waals surface area contributed by atoms with Crippen molar-refractivity contribution in [2.45, 2.75) is 45.8 Å². The van der Waals surface area contributed by atoms with Gasteiger partial charge in [-0.2, -0.15) is 0 Å². The van der Waals surface area contributed by atoms with E-state index in [-0.39, 0.29) is 0 Å². The molecule has 0 aromatic heterocycles. The first kappa shape index (κ1) is 10.0. The van der Waals surface area contributed by atoms with E-state index >= 15 is 0 Å². The molecular formula is C10H20O2. The molecule has 0 aromatic carbocycles. The fraction of sp³-hybridized carbons (Fsp3) is 1.00. The number of rotatable bonds is 5. The highest BCUT2D eigenvalue weighted by molar-refractivity contribution is 4.82. The van der Waals surface area contributed by atoms with E-state index in [4.69, 9.17) is 9.47 Å². The molecule has 2 atom stereocenters. The van der Waals surface area contributed by atoms with Gasteiger partial charge in [0.25, 0.3) is 0 Å². The van der Waals surface area contributed by atoms with Gasteiger partial charge in [0.1, 0.15) is 0 Å². The van der Waals surface area contributed by atoms with E-state index in [9.17, 15) is 0 Å². The van der Waals surface area contributed by atoms with Gasteiger partial charge < -0.3 is 9.47 Å². The standard InChI is InChI=1S/C10H20O2/c1-4-11-9-5-6-10(9)12-7-8(2)3/h8-10H,4-7H2,1-3H3. The van der Waals surface area contributed by atoms with Gasteiger partial charge in [-0.15, -0.1) is 0 Å². The van der Waals surface area contributed by atoms with Gasteiger partial charge in [-0.25, -0.2) is 0 Å². The topological polar surface area (TPSA) is 18.5 Å². The van der Waals surface area contributed by atoms with Crippen LogP contribution in [0.4, 0.5) is 0 Å². The van der Waals surface area contributed by atoms with Crippen molar-refractivity contribution in [2.75, 3.05) is 13.2 Å². The molecule has 12 heavy (non-hydrogen) atoms. The number of ether oxygens (including phenoxy) is 2. The molecule has 2 nitrogen and oxygen atoms in total. The SMILES string of the molecule is CCOC1CCC1OCC(C)C. The van der Waals surface area contributed by atoms with Crippen molar-refractivity contribution in [3.05, 3.63) is 0 Å². The minimum absolute atomic E-state index is 0.382. The third-order valence-electron chi connectivity index (χ3n) is 2.17. The molecule has 72 valence electrons. The molecule has 0 aromatic rings. The van der Waals surface area contributed by atoms with Crippen molar-refractivity contribution in [1.82, 2.24) is 0 Å². The maximum atomic E-state index is 5.68. The summed E-state index contributed by atoms with van der Waals surface area (Å²) in [7, 11) is 0. The van der Waals surface area contributed by atoms with Crippen molar-refractivity contribution >= 4 is 0 Å². The lowest BCUT2D eigenvalue weighted by atomic mass is 9.91. The Labute approximate surface area is 75.2 Å². The quantitative estimate of drug-likeness (QED) is 0.633. The summed E-state index contributed by atoms with van der Waals surface area (Å²) in [6, 6.07) is 0. The van der Waals surface area contributed by atoms with Crippen LogP contribution < -0.4 is 0 Å². The molecule has 1 fully saturated rings. The zero-order valence-corrected chi connectivity index (χ0v) is 8.38. The van der Waals surface area contributed by atoms with E-state index in [2.05, 4.69) is 13.8 Å². The Bertz CT molecular complexity index is 123. The van der Waals surface area contributed by atoms with Gasteiger partial charge in [0.2, 0.25) is 0 Å². The molecule has 0 bridgehead atoms. The van der Waals surface area contributed by atoms with Crippen molar-refractivity contribution in [3.8, 4) is 0 Å². The summed E-state index contributed by atoms with van der Waals surface area (Å²) in [4.78, 5) is 0. The lowest BCUT2D eigenvalue weighted by molar-refractivity contribution is -0.129. The molecule has 0 aliphatic heterocycles. The highest BCUT2D eigenvalue weighted by Crippen LogP contribution is 2.26. The van der Waals surface area contributed by atoms with Crippen LogP contribution in [-0.2, 0) is 9.47 Å². The van der Waals surface area contributed by atoms with Crippen LogP contribution in [0.2, 0.25) is 0 Å². The second-order valence-electron chi connectivity index (χ2n) is 3.84. The summed E-state index contributed by atoms with van der Waals surface area (Å²) in [5.74, 6) is 0.632. The van der Waals surface area contributed by atoms with E-state index in [1.165, 1.54) is 12.8 Å². The molecule has 2 heteroatoms. The zero-order valence-electron chi connectivity index (χ0n) is 8.38. The predicted molar refractivity (Wildman–Crippen MR) is 49.2 cm³/mol. The number of hydrogen-bond acceptors (Lipinski definition) is 2. The lowest BCUT2D eigenvalue weighted by Crippen LogP contribution is -2.41. The van der Waals surface area contributed by atoms with Crippen LogP contribution in [0.3, 0.4) is 0 Å². The number of hydrogen-bond donors (Lipinski definition) is 0. The summed E-state index contributed by atoms with van der Waals surface area (Å²) < 4.78 is 11.2. The molecule has 1 aliphatic carbocycles. The van der Waals surface area contributed by atoms with Crippen LogP contribution in [0.5, 0.6) is 0 Å². The third kappa shape index (κ3) is 2.76. The zero-order chi connectivity index (χ0) is 8.97. The Hall–Kier alpha value is -0.0800. The summed E-state index contributed by atoms with van der Waals surface area (Å²) in [5.41, 5.74) is 0. The molecule has 1 rings (SSSR count). The normalized spacial score (nSPS) is 29.0. The van der Waals surface area contributed by atoms with Gasteiger partial charge >= 0.3 is 0 Å². The molecule has 1 saturated carbocycles. The van der Waals surface area contributed by atoms with Crippen LogP contribution in [0, 0.1) is 5.92 Å². The Kier molecular flexibility index (Phi) is 4.02. The molecule has 0 saturated heterocycles. The second-order valence-corrected chi connectivity index (χ2v) is 3.84. The van der Waals surface area contributed by atoms with E-state index in [0.29, 0.717) is 18.1 Å². The van der Waals surface area contributed by atoms with E-state index < -0.39 is 0 Å². The van der Waals surface area contributed by atoms with Crippen molar-refractivity contribution in [2.24, 2.45) is 5.92 Å². The van der Waals surface area contributed by atoms with Crippen LogP contribution in [0.15, 0.2) is 0 Å². The average molecular weight is 172 g/mol. The molecular weight excluding hydrogens is 152 g/mol. The largest absolute Gasteiger partial charge is 0.376 e. The second kappa shape index (κ2) is 4.83. The molecule has 0 radical (unpaired) electrons. The van der Waals surface area contributed by atoms with Crippen LogP contribution in [0.25, 0.3) is 0 Å². The third-order valence-corrected chi connectivity index (χ3v) is 2.17. The summed E-state index contributed by atoms with van der Waals surface area (Å²) in [6.45, 7) is 8.07. The van der Waals surface area contributed by atoms with Crippen LogP contribution in [0.1, 0.15) is 33.6 Å². The molecule has 2 unspecified atom stereocenters. The highest BCUT2D eigenvalue weighted by Gasteiger charge is 2.32. The maximum absolute atomic E-state index is 5.68. The minimum atomic E-state index is 0.382. The average Bonchev–Trinajstić information content (AvgIpc) is 1.98. The first-order valence-corrected chi connectivity index (χ1v) is 4.97. The van der Waals surface area contributed by atoms with Gasteiger partial charge in [0, 0.05) is 13.2 Å². The Morgan fingerprint density at radius 2 is 1.75 bits per heavy atom.